The van der Waals surface area contributed by atoms with Gasteiger partial charge in [-0.2, -0.15) is 0 Å². The second-order valence-electron chi connectivity index (χ2n) is 11.4. The van der Waals surface area contributed by atoms with Crippen LogP contribution in [0.15, 0.2) is 24.3 Å². The lowest BCUT2D eigenvalue weighted by Gasteiger charge is -2.39. The van der Waals surface area contributed by atoms with Crippen molar-refractivity contribution in [1.29, 1.82) is 0 Å². The van der Waals surface area contributed by atoms with Crippen LogP contribution in [0, 0.1) is 11.3 Å². The van der Waals surface area contributed by atoms with Gasteiger partial charge in [-0.1, -0.05) is 33.8 Å². The first-order chi connectivity index (χ1) is 15.3. The van der Waals surface area contributed by atoms with Gasteiger partial charge >= 0.3 is 0 Å². The molecular weight excluding hydrogens is 430 g/mol. The van der Waals surface area contributed by atoms with Crippen molar-refractivity contribution in [3.63, 3.8) is 0 Å². The van der Waals surface area contributed by atoms with Crippen LogP contribution in [-0.2, 0) is 4.74 Å². The maximum absolute atomic E-state index is 5.60. The summed E-state index contributed by atoms with van der Waals surface area (Å²) in [5.41, 5.74) is 6.34. The molecule has 0 radical (unpaired) electrons. The minimum absolute atomic E-state index is 0. The highest BCUT2D eigenvalue weighted by Gasteiger charge is 2.27. The number of hydrogen-bond donors (Lipinski definition) is 0. The van der Waals surface area contributed by atoms with Gasteiger partial charge in [0.25, 0.3) is 0 Å². The van der Waals surface area contributed by atoms with Crippen LogP contribution in [0.2, 0.25) is 0 Å². The molecule has 0 N–H and O–H groups in total. The van der Waals surface area contributed by atoms with Gasteiger partial charge < -0.3 is 14.5 Å². The number of benzene rings is 1. The van der Waals surface area contributed by atoms with Crippen molar-refractivity contribution >= 4 is 29.4 Å². The lowest BCUT2D eigenvalue weighted by Crippen LogP contribution is -2.47. The summed E-state index contributed by atoms with van der Waals surface area (Å²) in [4.78, 5) is 7.85. The van der Waals surface area contributed by atoms with Crippen LogP contribution < -0.4 is 9.80 Å². The molecule has 0 bridgehead atoms. The summed E-state index contributed by atoms with van der Waals surface area (Å²) in [6, 6.07) is 7.30. The van der Waals surface area contributed by atoms with Gasteiger partial charge in [0, 0.05) is 69.9 Å². The molecule has 0 spiro atoms. The number of hydrogen-bond acceptors (Lipinski definition) is 4. The molecule has 186 valence electrons. The number of halogens is 1. The number of ether oxygens (including phenoxy) is 1. The van der Waals surface area contributed by atoms with Crippen LogP contribution in [-0.4, -0.2) is 63.9 Å². The summed E-state index contributed by atoms with van der Waals surface area (Å²) >= 11 is 0. The molecule has 1 aliphatic carbocycles. The van der Waals surface area contributed by atoms with Crippen molar-refractivity contribution in [2.75, 3.05) is 62.7 Å². The zero-order valence-electron chi connectivity index (χ0n) is 21.6. The monoisotopic (exact) mass is 475 g/mol. The van der Waals surface area contributed by atoms with E-state index in [0.717, 1.165) is 44.9 Å². The first-order valence-electron chi connectivity index (χ1n) is 12.9. The molecule has 1 aromatic rings. The summed E-state index contributed by atoms with van der Waals surface area (Å²) in [7, 11) is 1.85. The molecule has 2 heterocycles. The predicted octanol–water partition coefficient (Wildman–Crippen LogP) is 6.10. The molecule has 0 saturated carbocycles. The normalized spacial score (nSPS) is 22.3. The van der Waals surface area contributed by atoms with E-state index in [0.29, 0.717) is 11.5 Å². The maximum atomic E-state index is 5.60. The Morgan fingerprint density at radius 3 is 2.27 bits per heavy atom. The topological polar surface area (TPSA) is 19.0 Å². The van der Waals surface area contributed by atoms with E-state index in [1.54, 1.807) is 5.57 Å². The lowest BCUT2D eigenvalue weighted by atomic mass is 9.76. The Hall–Kier alpha value is -1.23. The SMILES string of the molecule is COC1CCN(c2ccc(N3CCN(CC(C)C)CC3)c(C3=CCC(C)(C)CC3)c2)CC1.Cl. The third kappa shape index (κ3) is 6.68. The Bertz CT molecular complexity index is 790. The van der Waals surface area contributed by atoms with Crippen LogP contribution in [0.5, 0.6) is 0 Å². The van der Waals surface area contributed by atoms with Crippen molar-refractivity contribution in [3.8, 4) is 0 Å². The van der Waals surface area contributed by atoms with E-state index in [2.05, 4.69) is 66.7 Å². The van der Waals surface area contributed by atoms with E-state index in [1.807, 2.05) is 7.11 Å². The van der Waals surface area contributed by atoms with Gasteiger partial charge in [0.2, 0.25) is 0 Å². The van der Waals surface area contributed by atoms with Gasteiger partial charge in [0.1, 0.15) is 0 Å². The maximum Gasteiger partial charge on any atom is 0.0605 e. The van der Waals surface area contributed by atoms with Crippen molar-refractivity contribution < 1.29 is 4.74 Å². The van der Waals surface area contributed by atoms with Crippen molar-refractivity contribution in [1.82, 2.24) is 4.90 Å². The van der Waals surface area contributed by atoms with E-state index >= 15 is 0 Å². The van der Waals surface area contributed by atoms with E-state index in [1.165, 1.54) is 55.8 Å². The third-order valence-electron chi connectivity index (χ3n) is 7.78. The molecule has 2 saturated heterocycles. The van der Waals surface area contributed by atoms with Crippen LogP contribution >= 0.6 is 12.4 Å². The molecule has 33 heavy (non-hydrogen) atoms. The summed E-state index contributed by atoms with van der Waals surface area (Å²) < 4.78 is 5.60. The minimum atomic E-state index is 0. The van der Waals surface area contributed by atoms with Gasteiger partial charge in [-0.05, 0) is 67.2 Å². The average Bonchev–Trinajstić information content (AvgIpc) is 2.79. The summed E-state index contributed by atoms with van der Waals surface area (Å²) in [5, 5.41) is 0. The van der Waals surface area contributed by atoms with Gasteiger partial charge in [0.05, 0.1) is 6.10 Å². The number of piperidine rings is 1. The number of allylic oxidation sites excluding steroid dienone is 2. The molecule has 0 atom stereocenters. The Kier molecular flexibility index (Phi) is 9.16. The van der Waals surface area contributed by atoms with Gasteiger partial charge in [-0.15, -0.1) is 12.4 Å². The number of methoxy groups -OCH3 is 1. The first kappa shape index (κ1) is 26.4. The Labute approximate surface area is 208 Å². The summed E-state index contributed by atoms with van der Waals surface area (Å²) in [6.07, 6.45) is 8.89. The molecule has 0 unspecified atom stereocenters. The zero-order chi connectivity index (χ0) is 22.7. The first-order valence-corrected chi connectivity index (χ1v) is 12.9. The molecule has 2 fully saturated rings. The highest BCUT2D eigenvalue weighted by atomic mass is 35.5. The number of rotatable bonds is 6. The molecule has 5 heteroatoms. The number of piperazine rings is 1. The smallest absolute Gasteiger partial charge is 0.0605 e. The van der Waals surface area contributed by atoms with Gasteiger partial charge in [-0.3, -0.25) is 4.90 Å². The van der Waals surface area contributed by atoms with Gasteiger partial charge in [-0.25, -0.2) is 0 Å². The second kappa shape index (κ2) is 11.5. The van der Waals surface area contributed by atoms with Gasteiger partial charge in [0.15, 0.2) is 0 Å². The zero-order valence-corrected chi connectivity index (χ0v) is 22.4. The fraction of sp³-hybridized carbons (Fsp3) is 0.714. The predicted molar refractivity (Wildman–Crippen MR) is 145 cm³/mol. The van der Waals surface area contributed by atoms with Crippen molar-refractivity contribution in [3.05, 3.63) is 29.8 Å². The number of nitrogens with zero attached hydrogens (tertiary/aromatic N) is 3. The lowest BCUT2D eigenvalue weighted by molar-refractivity contribution is 0.0819. The fourth-order valence-electron chi connectivity index (χ4n) is 5.61. The van der Waals surface area contributed by atoms with E-state index in [4.69, 9.17) is 4.74 Å². The minimum Gasteiger partial charge on any atom is -0.381 e. The largest absolute Gasteiger partial charge is 0.381 e. The van der Waals surface area contributed by atoms with Crippen LogP contribution in [0.25, 0.3) is 5.57 Å². The highest BCUT2D eigenvalue weighted by molar-refractivity contribution is 5.85. The summed E-state index contributed by atoms with van der Waals surface area (Å²) in [5.74, 6) is 0.745. The Balaban J connectivity index is 0.00000306. The van der Waals surface area contributed by atoms with Crippen LogP contribution in [0.1, 0.15) is 65.4 Å². The third-order valence-corrected chi connectivity index (χ3v) is 7.78. The number of anilines is 2. The Morgan fingerprint density at radius 1 is 1.00 bits per heavy atom. The van der Waals surface area contributed by atoms with Crippen LogP contribution in [0.4, 0.5) is 11.4 Å². The van der Waals surface area contributed by atoms with Crippen molar-refractivity contribution in [2.45, 2.75) is 65.9 Å². The molecule has 3 aliphatic rings. The standard InChI is InChI=1S/C28H45N3O.ClH/c1-22(2)21-29-16-18-31(19-17-29)27-7-6-24(30-14-10-25(32-5)11-15-30)20-26(27)23-8-12-28(3,4)13-9-23;/h6-8,20,22,25H,9-19,21H2,1-5H3;1H. The van der Waals surface area contributed by atoms with E-state index < -0.39 is 0 Å². The average molecular weight is 476 g/mol. The molecule has 0 amide bonds. The molecule has 0 aromatic heterocycles. The molecule has 4 rings (SSSR count). The summed E-state index contributed by atoms with van der Waals surface area (Å²) in [6.45, 7) is 17.5. The fourth-order valence-corrected chi connectivity index (χ4v) is 5.61. The van der Waals surface area contributed by atoms with E-state index in [9.17, 15) is 0 Å². The van der Waals surface area contributed by atoms with Crippen molar-refractivity contribution in [2.24, 2.45) is 11.3 Å². The molecular formula is C28H46ClN3O. The highest BCUT2D eigenvalue weighted by Crippen LogP contribution is 2.42. The van der Waals surface area contributed by atoms with E-state index in [-0.39, 0.29) is 12.4 Å². The van der Waals surface area contributed by atoms with Crippen LogP contribution in [0.3, 0.4) is 0 Å². The Morgan fingerprint density at radius 2 is 1.70 bits per heavy atom. The second-order valence-corrected chi connectivity index (χ2v) is 11.4. The molecule has 1 aromatic carbocycles. The molecule has 2 aliphatic heterocycles. The molecule has 4 nitrogen and oxygen atoms in total. The quantitative estimate of drug-likeness (QED) is 0.495.